The van der Waals surface area contributed by atoms with Crippen LogP contribution in [0.25, 0.3) is 4.96 Å². The first kappa shape index (κ1) is 14.2. The number of carbonyl (C=O) groups is 1. The van der Waals surface area contributed by atoms with Crippen molar-refractivity contribution in [2.75, 3.05) is 6.54 Å². The molecule has 0 aromatic carbocycles. The number of imidazole rings is 1. The number of nitrogens with zero attached hydrogens (tertiary/aromatic N) is 6. The standard InChI is InChI=1S/C16H18N6OS/c1-9-7-20(8-12-18-19-14(22(9)12)11-3-4-11)15(23)13-10(2)17-16-21(13)5-6-24-16/h5-6,9,11H,3-4,7-8H2,1-2H3/t9-/m0/s1. The van der Waals surface area contributed by atoms with Gasteiger partial charge in [0, 0.05) is 24.0 Å². The molecule has 1 atom stereocenters. The van der Waals surface area contributed by atoms with Gasteiger partial charge in [-0.25, -0.2) is 4.98 Å². The van der Waals surface area contributed by atoms with Crippen LogP contribution in [0, 0.1) is 6.92 Å². The molecule has 1 saturated carbocycles. The maximum atomic E-state index is 13.1. The zero-order chi connectivity index (χ0) is 16.4. The number of thiazole rings is 1. The van der Waals surface area contributed by atoms with Crippen molar-refractivity contribution >= 4 is 22.2 Å². The van der Waals surface area contributed by atoms with Crippen molar-refractivity contribution in [1.82, 2.24) is 29.0 Å². The van der Waals surface area contributed by atoms with Crippen molar-refractivity contribution < 1.29 is 4.79 Å². The molecule has 124 valence electrons. The number of rotatable bonds is 2. The molecule has 1 fully saturated rings. The molecule has 0 unspecified atom stereocenters. The number of fused-ring (bicyclic) bond motifs is 2. The topological polar surface area (TPSA) is 68.3 Å². The van der Waals surface area contributed by atoms with Crippen LogP contribution in [0.4, 0.5) is 0 Å². The summed E-state index contributed by atoms with van der Waals surface area (Å²) < 4.78 is 4.13. The van der Waals surface area contributed by atoms with Crippen LogP contribution in [0.1, 0.15) is 59.6 Å². The second kappa shape index (κ2) is 4.89. The smallest absolute Gasteiger partial charge is 0.273 e. The molecular formula is C16H18N6OS. The van der Waals surface area contributed by atoms with Crippen molar-refractivity contribution in [3.05, 3.63) is 34.6 Å². The van der Waals surface area contributed by atoms with Crippen molar-refractivity contribution in [3.8, 4) is 0 Å². The predicted molar refractivity (Wildman–Crippen MR) is 89.3 cm³/mol. The third-order valence-electron chi connectivity index (χ3n) is 4.92. The predicted octanol–water partition coefficient (Wildman–Crippen LogP) is 2.39. The highest BCUT2D eigenvalue weighted by Gasteiger charge is 2.36. The van der Waals surface area contributed by atoms with Crippen LogP contribution in [0.5, 0.6) is 0 Å². The lowest BCUT2D eigenvalue weighted by Crippen LogP contribution is -2.41. The first-order chi connectivity index (χ1) is 11.6. The van der Waals surface area contributed by atoms with Gasteiger partial charge in [-0.1, -0.05) is 0 Å². The lowest BCUT2D eigenvalue weighted by Gasteiger charge is -2.32. The van der Waals surface area contributed by atoms with Crippen LogP contribution in [-0.4, -0.2) is 41.5 Å². The summed E-state index contributed by atoms with van der Waals surface area (Å²) in [5.41, 5.74) is 1.44. The lowest BCUT2D eigenvalue weighted by atomic mass is 10.2. The van der Waals surface area contributed by atoms with Crippen LogP contribution in [0.2, 0.25) is 0 Å². The zero-order valence-electron chi connectivity index (χ0n) is 13.6. The molecule has 5 rings (SSSR count). The summed E-state index contributed by atoms with van der Waals surface area (Å²) in [7, 11) is 0. The van der Waals surface area contributed by atoms with Gasteiger partial charge in [0.25, 0.3) is 5.91 Å². The largest absolute Gasteiger partial charge is 0.328 e. The van der Waals surface area contributed by atoms with E-state index in [2.05, 4.69) is 26.7 Å². The molecule has 4 heterocycles. The van der Waals surface area contributed by atoms with Gasteiger partial charge in [0.2, 0.25) is 0 Å². The Morgan fingerprint density at radius 1 is 1.33 bits per heavy atom. The normalized spacial score (nSPS) is 20.6. The van der Waals surface area contributed by atoms with Crippen LogP contribution in [0.15, 0.2) is 11.6 Å². The summed E-state index contributed by atoms with van der Waals surface area (Å²) >= 11 is 1.54. The Morgan fingerprint density at radius 2 is 2.17 bits per heavy atom. The summed E-state index contributed by atoms with van der Waals surface area (Å²) in [5, 5.41) is 10.7. The number of aromatic nitrogens is 5. The average Bonchev–Trinajstić information content (AvgIpc) is 3.00. The minimum atomic E-state index is 0.0208. The maximum Gasteiger partial charge on any atom is 0.273 e. The monoisotopic (exact) mass is 342 g/mol. The molecular weight excluding hydrogens is 324 g/mol. The molecule has 2 aliphatic rings. The van der Waals surface area contributed by atoms with Gasteiger partial charge in [-0.2, -0.15) is 0 Å². The molecule has 1 aliphatic carbocycles. The van der Waals surface area contributed by atoms with E-state index in [4.69, 9.17) is 0 Å². The molecule has 0 saturated heterocycles. The third kappa shape index (κ3) is 1.95. The Morgan fingerprint density at radius 3 is 2.96 bits per heavy atom. The fourth-order valence-electron chi connectivity index (χ4n) is 3.64. The second-order valence-electron chi connectivity index (χ2n) is 6.75. The molecule has 8 heteroatoms. The van der Waals surface area contributed by atoms with Gasteiger partial charge in [-0.3, -0.25) is 9.20 Å². The molecule has 1 aliphatic heterocycles. The summed E-state index contributed by atoms with van der Waals surface area (Å²) in [6.45, 7) is 5.23. The van der Waals surface area contributed by atoms with Gasteiger partial charge in [0.05, 0.1) is 18.3 Å². The van der Waals surface area contributed by atoms with E-state index < -0.39 is 0 Å². The van der Waals surface area contributed by atoms with Gasteiger partial charge in [0.15, 0.2) is 10.8 Å². The first-order valence-corrected chi connectivity index (χ1v) is 9.16. The van der Waals surface area contributed by atoms with Crippen molar-refractivity contribution in [2.24, 2.45) is 0 Å². The van der Waals surface area contributed by atoms with Crippen LogP contribution in [0.3, 0.4) is 0 Å². The first-order valence-electron chi connectivity index (χ1n) is 8.28. The summed E-state index contributed by atoms with van der Waals surface area (Å²) in [4.78, 5) is 20.3. The van der Waals surface area contributed by atoms with Gasteiger partial charge in [-0.05, 0) is 26.7 Å². The van der Waals surface area contributed by atoms with Crippen molar-refractivity contribution in [3.63, 3.8) is 0 Å². The SMILES string of the molecule is Cc1nc2sccn2c1C(=O)N1Cc2nnc(C3CC3)n2[C@@H](C)C1. The Kier molecular flexibility index (Phi) is 2.88. The van der Waals surface area contributed by atoms with E-state index in [1.807, 2.05) is 27.8 Å². The van der Waals surface area contributed by atoms with E-state index in [9.17, 15) is 4.79 Å². The maximum absolute atomic E-state index is 13.1. The molecule has 0 spiro atoms. The number of aryl methyl sites for hydroxylation is 1. The lowest BCUT2D eigenvalue weighted by molar-refractivity contribution is 0.0672. The molecule has 24 heavy (non-hydrogen) atoms. The quantitative estimate of drug-likeness (QED) is 0.717. The minimum Gasteiger partial charge on any atom is -0.328 e. The van der Waals surface area contributed by atoms with Gasteiger partial charge < -0.3 is 9.47 Å². The van der Waals surface area contributed by atoms with Crippen molar-refractivity contribution in [2.45, 2.75) is 45.2 Å². The summed E-state index contributed by atoms with van der Waals surface area (Å²) in [5.74, 6) is 2.59. The summed E-state index contributed by atoms with van der Waals surface area (Å²) in [6.07, 6.45) is 4.33. The second-order valence-corrected chi connectivity index (χ2v) is 7.63. The number of hydrogen-bond donors (Lipinski definition) is 0. The third-order valence-corrected chi connectivity index (χ3v) is 5.68. The van der Waals surface area contributed by atoms with E-state index in [1.54, 1.807) is 11.3 Å². The van der Waals surface area contributed by atoms with Crippen LogP contribution >= 0.6 is 11.3 Å². The van der Waals surface area contributed by atoms with Crippen LogP contribution < -0.4 is 0 Å². The van der Waals surface area contributed by atoms with E-state index in [-0.39, 0.29) is 11.9 Å². The Balaban J connectivity index is 1.50. The Labute approximate surface area is 142 Å². The minimum absolute atomic E-state index is 0.0208. The van der Waals surface area contributed by atoms with Gasteiger partial charge in [0.1, 0.15) is 11.5 Å². The average molecular weight is 342 g/mol. The molecule has 3 aromatic rings. The highest BCUT2D eigenvalue weighted by molar-refractivity contribution is 7.15. The Hall–Kier alpha value is -2.22. The van der Waals surface area contributed by atoms with Gasteiger partial charge >= 0.3 is 0 Å². The fourth-order valence-corrected chi connectivity index (χ4v) is 4.40. The molecule has 7 nitrogen and oxygen atoms in total. The van der Waals surface area contributed by atoms with Gasteiger partial charge in [-0.15, -0.1) is 21.5 Å². The summed E-state index contributed by atoms with van der Waals surface area (Å²) in [6, 6.07) is 0.203. The van der Waals surface area contributed by atoms with E-state index >= 15 is 0 Å². The zero-order valence-corrected chi connectivity index (χ0v) is 14.5. The highest BCUT2D eigenvalue weighted by Crippen LogP contribution is 2.41. The fraction of sp³-hybridized carbons (Fsp3) is 0.500. The van der Waals surface area contributed by atoms with E-state index in [0.29, 0.717) is 24.7 Å². The van der Waals surface area contributed by atoms with E-state index in [1.165, 1.54) is 12.8 Å². The molecule has 3 aromatic heterocycles. The van der Waals surface area contributed by atoms with Crippen molar-refractivity contribution in [1.29, 1.82) is 0 Å². The molecule has 1 amide bonds. The van der Waals surface area contributed by atoms with E-state index in [0.717, 1.165) is 22.3 Å². The highest BCUT2D eigenvalue weighted by atomic mass is 32.1. The molecule has 0 radical (unpaired) electrons. The number of carbonyl (C=O) groups excluding carboxylic acids is 1. The molecule has 0 N–H and O–H groups in total. The van der Waals surface area contributed by atoms with Crippen LogP contribution in [-0.2, 0) is 6.54 Å². The number of hydrogen-bond acceptors (Lipinski definition) is 5. The molecule has 0 bridgehead atoms. The number of amides is 1. The Bertz CT molecular complexity index is 949.